The number of hydrogen-bond acceptors (Lipinski definition) is 4. The monoisotopic (exact) mass is 403 g/mol. The van der Waals surface area contributed by atoms with Crippen LogP contribution in [0.3, 0.4) is 0 Å². The molecule has 1 unspecified atom stereocenters. The Hall–Kier alpha value is -2.24. The van der Waals surface area contributed by atoms with Gasteiger partial charge in [-0.2, -0.15) is 11.8 Å². The largest absolute Gasteiger partial charge is 0.460 e. The summed E-state index contributed by atoms with van der Waals surface area (Å²) in [4.78, 5) is 24.8. The van der Waals surface area contributed by atoms with Crippen LogP contribution >= 0.6 is 23.4 Å². The van der Waals surface area contributed by atoms with Crippen LogP contribution in [0.15, 0.2) is 60.7 Å². The van der Waals surface area contributed by atoms with E-state index in [1.165, 1.54) is 0 Å². The maximum atomic E-state index is 12.4. The van der Waals surface area contributed by atoms with Crippen molar-refractivity contribution in [3.05, 3.63) is 76.8 Å². The molecule has 2 aromatic carbocycles. The molecule has 0 radical (unpaired) electrons. The minimum Gasteiger partial charge on any atom is -0.460 e. The van der Waals surface area contributed by atoms with E-state index in [-0.39, 0.29) is 12.5 Å². The van der Waals surface area contributed by atoms with Gasteiger partial charge in [0.2, 0.25) is 0 Å². The lowest BCUT2D eigenvalue weighted by Gasteiger charge is -2.17. The third-order valence-electron chi connectivity index (χ3n) is 3.75. The number of amides is 1. The van der Waals surface area contributed by atoms with Crippen LogP contribution in [0.5, 0.6) is 0 Å². The van der Waals surface area contributed by atoms with Crippen LogP contribution in [0.25, 0.3) is 6.08 Å². The van der Waals surface area contributed by atoms with Crippen LogP contribution in [0.4, 0.5) is 0 Å². The second-order valence-corrected chi connectivity index (χ2v) is 7.12. The van der Waals surface area contributed by atoms with Crippen molar-refractivity contribution in [1.29, 1.82) is 0 Å². The van der Waals surface area contributed by atoms with Crippen molar-refractivity contribution in [2.24, 2.45) is 0 Å². The van der Waals surface area contributed by atoms with E-state index >= 15 is 0 Å². The lowest BCUT2D eigenvalue weighted by atomic mass is 10.1. The third kappa shape index (κ3) is 7.12. The van der Waals surface area contributed by atoms with Gasteiger partial charge in [-0.1, -0.05) is 60.1 Å². The molecule has 0 saturated carbocycles. The molecule has 0 aromatic heterocycles. The van der Waals surface area contributed by atoms with Crippen molar-refractivity contribution in [1.82, 2.24) is 5.32 Å². The maximum absolute atomic E-state index is 12.4. The van der Waals surface area contributed by atoms with Gasteiger partial charge >= 0.3 is 5.97 Å². The van der Waals surface area contributed by atoms with Crippen molar-refractivity contribution in [2.45, 2.75) is 12.5 Å². The number of nitrogens with one attached hydrogen (secondary N) is 1. The van der Waals surface area contributed by atoms with Crippen molar-refractivity contribution < 1.29 is 14.3 Å². The van der Waals surface area contributed by atoms with Gasteiger partial charge in [-0.3, -0.25) is 4.79 Å². The molecular formula is C21H22ClNO3S. The Kier molecular flexibility index (Phi) is 8.95. The second kappa shape index (κ2) is 11.5. The summed E-state index contributed by atoms with van der Waals surface area (Å²) >= 11 is 7.66. The lowest BCUT2D eigenvalue weighted by molar-refractivity contribution is -0.144. The minimum absolute atomic E-state index is 0.144. The van der Waals surface area contributed by atoms with Gasteiger partial charge < -0.3 is 10.1 Å². The number of carbonyl (C=O) groups is 2. The Morgan fingerprint density at radius 3 is 2.56 bits per heavy atom. The van der Waals surface area contributed by atoms with Crippen LogP contribution in [0, 0.1) is 0 Å². The average molecular weight is 404 g/mol. The van der Waals surface area contributed by atoms with Gasteiger partial charge in [0.05, 0.1) is 10.6 Å². The highest BCUT2D eigenvalue weighted by Gasteiger charge is 2.23. The first-order valence-electron chi connectivity index (χ1n) is 8.54. The molecule has 27 heavy (non-hydrogen) atoms. The number of thioether (sulfide) groups is 1. The van der Waals surface area contributed by atoms with Gasteiger partial charge in [0.25, 0.3) is 5.91 Å². The first kappa shape index (κ1) is 21.1. The van der Waals surface area contributed by atoms with Gasteiger partial charge in [-0.25, -0.2) is 4.79 Å². The van der Waals surface area contributed by atoms with Crippen LogP contribution in [-0.4, -0.2) is 36.5 Å². The normalized spacial score (nSPS) is 11.9. The molecule has 0 aliphatic rings. The van der Waals surface area contributed by atoms with E-state index in [0.717, 1.165) is 11.3 Å². The summed E-state index contributed by atoms with van der Waals surface area (Å²) in [5.74, 6) is -0.117. The standard InChI is InChI=1S/C21H22ClNO3S/c1-27-15-13-19(23-20(24)17-11-5-6-12-18(17)22)21(25)26-14-7-10-16-8-3-2-4-9-16/h2-12,19H,13-15H2,1H3,(H,23,24)/b10-7+. The summed E-state index contributed by atoms with van der Waals surface area (Å²) < 4.78 is 5.31. The number of carbonyl (C=O) groups excluding carboxylic acids is 2. The van der Waals surface area contributed by atoms with E-state index < -0.39 is 12.0 Å². The van der Waals surface area contributed by atoms with Gasteiger partial charge in [-0.15, -0.1) is 0 Å². The summed E-state index contributed by atoms with van der Waals surface area (Å²) in [5.41, 5.74) is 1.37. The van der Waals surface area contributed by atoms with Crippen LogP contribution in [0.2, 0.25) is 5.02 Å². The van der Waals surface area contributed by atoms with Crippen LogP contribution < -0.4 is 5.32 Å². The number of benzene rings is 2. The topological polar surface area (TPSA) is 55.4 Å². The Morgan fingerprint density at radius 2 is 1.85 bits per heavy atom. The molecule has 0 heterocycles. The molecule has 0 aliphatic heterocycles. The second-order valence-electron chi connectivity index (χ2n) is 5.73. The van der Waals surface area contributed by atoms with E-state index in [0.29, 0.717) is 17.0 Å². The number of hydrogen-bond donors (Lipinski definition) is 1. The molecule has 4 nitrogen and oxygen atoms in total. The fraction of sp³-hybridized carbons (Fsp3) is 0.238. The van der Waals surface area contributed by atoms with Crippen LogP contribution in [-0.2, 0) is 9.53 Å². The molecule has 1 amide bonds. The summed E-state index contributed by atoms with van der Waals surface area (Å²) in [6.45, 7) is 0.144. The van der Waals surface area contributed by atoms with Crippen molar-refractivity contribution >= 4 is 41.3 Å². The Balaban J connectivity index is 1.93. The van der Waals surface area contributed by atoms with Crippen molar-refractivity contribution in [2.75, 3.05) is 18.6 Å². The van der Waals surface area contributed by atoms with E-state index in [2.05, 4.69) is 5.32 Å². The molecule has 2 aromatic rings. The van der Waals surface area contributed by atoms with Gasteiger partial charge in [0, 0.05) is 0 Å². The van der Waals surface area contributed by atoms with E-state index in [1.807, 2.05) is 42.7 Å². The molecule has 1 N–H and O–H groups in total. The first-order valence-corrected chi connectivity index (χ1v) is 10.3. The van der Waals surface area contributed by atoms with Gasteiger partial charge in [-0.05, 0) is 42.2 Å². The number of ether oxygens (including phenoxy) is 1. The third-order valence-corrected chi connectivity index (χ3v) is 4.72. The zero-order valence-electron chi connectivity index (χ0n) is 15.1. The molecule has 142 valence electrons. The Labute approximate surface area is 168 Å². The summed E-state index contributed by atoms with van der Waals surface area (Å²) in [5, 5.41) is 3.08. The average Bonchev–Trinajstić information content (AvgIpc) is 2.69. The molecule has 0 spiro atoms. The molecule has 0 saturated heterocycles. The van der Waals surface area contributed by atoms with Crippen molar-refractivity contribution in [3.63, 3.8) is 0 Å². The molecule has 6 heteroatoms. The Bertz CT molecular complexity index is 780. The molecule has 0 aliphatic carbocycles. The summed E-state index contributed by atoms with van der Waals surface area (Å²) in [7, 11) is 0. The molecule has 1 atom stereocenters. The molecule has 0 fully saturated rings. The fourth-order valence-corrected chi connectivity index (χ4v) is 3.04. The van der Waals surface area contributed by atoms with E-state index in [1.54, 1.807) is 42.1 Å². The van der Waals surface area contributed by atoms with Gasteiger partial charge in [0.1, 0.15) is 12.6 Å². The predicted molar refractivity (Wildman–Crippen MR) is 112 cm³/mol. The number of esters is 1. The number of rotatable bonds is 9. The summed E-state index contributed by atoms with van der Waals surface area (Å²) in [6, 6.07) is 15.8. The van der Waals surface area contributed by atoms with E-state index in [9.17, 15) is 9.59 Å². The smallest absolute Gasteiger partial charge is 0.328 e. The van der Waals surface area contributed by atoms with Crippen molar-refractivity contribution in [3.8, 4) is 0 Å². The van der Waals surface area contributed by atoms with E-state index in [4.69, 9.17) is 16.3 Å². The highest BCUT2D eigenvalue weighted by molar-refractivity contribution is 7.98. The molecular weight excluding hydrogens is 382 g/mol. The Morgan fingerprint density at radius 1 is 1.15 bits per heavy atom. The van der Waals surface area contributed by atoms with Crippen LogP contribution in [0.1, 0.15) is 22.3 Å². The summed E-state index contributed by atoms with van der Waals surface area (Å²) in [6.07, 6.45) is 6.08. The first-order chi connectivity index (χ1) is 13.1. The zero-order valence-corrected chi connectivity index (χ0v) is 16.6. The highest BCUT2D eigenvalue weighted by atomic mass is 35.5. The fourth-order valence-electron chi connectivity index (χ4n) is 2.35. The maximum Gasteiger partial charge on any atom is 0.328 e. The quantitative estimate of drug-likeness (QED) is 0.628. The SMILES string of the molecule is CSCCC(NC(=O)c1ccccc1Cl)C(=O)OC/C=C/c1ccccc1. The zero-order chi connectivity index (χ0) is 19.5. The molecule has 2 rings (SSSR count). The minimum atomic E-state index is -0.716. The van der Waals surface area contributed by atoms with Gasteiger partial charge in [0.15, 0.2) is 0 Å². The highest BCUT2D eigenvalue weighted by Crippen LogP contribution is 2.15. The molecule has 0 bridgehead atoms. The number of halogens is 1. The predicted octanol–water partition coefficient (Wildman–Crippen LogP) is 4.45. The lowest BCUT2D eigenvalue weighted by Crippen LogP contribution is -2.42.